The van der Waals surface area contributed by atoms with Gasteiger partial charge in [0, 0.05) is 6.04 Å². The van der Waals surface area contributed by atoms with Crippen LogP contribution in [0.15, 0.2) is 11.6 Å². The third-order valence-corrected chi connectivity index (χ3v) is 5.06. The predicted octanol–water partition coefficient (Wildman–Crippen LogP) is 5.22. The minimum absolute atomic E-state index is 0.684. The van der Waals surface area contributed by atoms with Crippen LogP contribution in [0.4, 0.5) is 0 Å². The van der Waals surface area contributed by atoms with Crippen LogP contribution in [0.2, 0.25) is 0 Å². The second-order valence-corrected chi connectivity index (χ2v) is 6.57. The Morgan fingerprint density at radius 1 is 1.11 bits per heavy atom. The van der Waals surface area contributed by atoms with Crippen molar-refractivity contribution in [2.75, 3.05) is 6.54 Å². The highest BCUT2D eigenvalue weighted by atomic mass is 14.9. The lowest BCUT2D eigenvalue weighted by Gasteiger charge is -2.24. The van der Waals surface area contributed by atoms with Crippen LogP contribution in [0.5, 0.6) is 0 Å². The summed E-state index contributed by atoms with van der Waals surface area (Å²) in [5.74, 6) is 1.04. The Morgan fingerprint density at radius 3 is 2.68 bits per heavy atom. The first-order valence-corrected chi connectivity index (χ1v) is 8.82. The Hall–Kier alpha value is -0.300. The van der Waals surface area contributed by atoms with Gasteiger partial charge in [-0.2, -0.15) is 0 Å². The van der Waals surface area contributed by atoms with Gasteiger partial charge in [0.2, 0.25) is 0 Å². The molecule has 2 rings (SSSR count). The van der Waals surface area contributed by atoms with Crippen molar-refractivity contribution >= 4 is 0 Å². The van der Waals surface area contributed by atoms with Gasteiger partial charge in [0.15, 0.2) is 0 Å². The van der Waals surface area contributed by atoms with Crippen LogP contribution in [-0.2, 0) is 0 Å². The lowest BCUT2D eigenvalue weighted by Crippen LogP contribution is -2.31. The van der Waals surface area contributed by atoms with Gasteiger partial charge in [0.1, 0.15) is 0 Å². The number of allylic oxidation sites excluding steroid dienone is 1. The van der Waals surface area contributed by atoms with E-state index in [4.69, 9.17) is 0 Å². The highest BCUT2D eigenvalue weighted by Gasteiger charge is 2.19. The molecule has 1 unspecified atom stereocenters. The number of hydrogen-bond acceptors (Lipinski definition) is 1. The van der Waals surface area contributed by atoms with Gasteiger partial charge in [-0.05, 0) is 51.0 Å². The summed E-state index contributed by atoms with van der Waals surface area (Å²) in [6, 6.07) is 0.684. The largest absolute Gasteiger partial charge is 0.311 e. The van der Waals surface area contributed by atoms with Gasteiger partial charge < -0.3 is 5.32 Å². The molecule has 0 aromatic rings. The Balaban J connectivity index is 1.85. The van der Waals surface area contributed by atoms with Crippen molar-refractivity contribution < 1.29 is 0 Å². The first-order chi connectivity index (χ1) is 9.40. The molecule has 0 saturated heterocycles. The van der Waals surface area contributed by atoms with Crippen molar-refractivity contribution in [1.29, 1.82) is 0 Å². The molecule has 110 valence electrons. The Bertz CT molecular complexity index is 263. The summed E-state index contributed by atoms with van der Waals surface area (Å²) in [6.45, 7) is 3.37. The van der Waals surface area contributed by atoms with E-state index in [0.29, 0.717) is 6.04 Å². The Kier molecular flexibility index (Phi) is 6.98. The van der Waals surface area contributed by atoms with E-state index < -0.39 is 0 Å². The average molecular weight is 263 g/mol. The summed E-state index contributed by atoms with van der Waals surface area (Å²) in [7, 11) is 0. The molecule has 0 radical (unpaired) electrons. The number of rotatable bonds is 6. The first-order valence-electron chi connectivity index (χ1n) is 8.82. The van der Waals surface area contributed by atoms with E-state index in [1.54, 1.807) is 5.57 Å². The normalized spacial score (nSPS) is 23.7. The zero-order chi connectivity index (χ0) is 13.3. The Labute approximate surface area is 120 Å². The quantitative estimate of drug-likeness (QED) is 0.648. The molecule has 1 saturated carbocycles. The van der Waals surface area contributed by atoms with Crippen molar-refractivity contribution in [2.24, 2.45) is 5.92 Å². The number of nitrogens with one attached hydrogen (secondary N) is 1. The summed E-state index contributed by atoms with van der Waals surface area (Å²) in [4.78, 5) is 0. The molecule has 2 aliphatic rings. The molecule has 1 fully saturated rings. The van der Waals surface area contributed by atoms with Crippen molar-refractivity contribution in [1.82, 2.24) is 5.32 Å². The van der Waals surface area contributed by atoms with Crippen LogP contribution in [0.1, 0.15) is 84.0 Å². The van der Waals surface area contributed by atoms with Gasteiger partial charge in [-0.25, -0.2) is 0 Å². The number of likely N-dealkylation sites (N-methyl/N-ethyl adjacent to an activating group) is 1. The van der Waals surface area contributed by atoms with Gasteiger partial charge in [0.25, 0.3) is 0 Å². The summed E-state index contributed by atoms with van der Waals surface area (Å²) in [5.41, 5.74) is 1.74. The van der Waals surface area contributed by atoms with Crippen molar-refractivity contribution in [3.8, 4) is 0 Å². The molecule has 1 atom stereocenters. The fourth-order valence-corrected chi connectivity index (χ4v) is 3.90. The molecule has 0 aromatic carbocycles. The molecule has 1 N–H and O–H groups in total. The molecule has 0 amide bonds. The van der Waals surface area contributed by atoms with Crippen LogP contribution < -0.4 is 5.32 Å². The lowest BCUT2D eigenvalue weighted by molar-refractivity contribution is 0.425. The third-order valence-electron chi connectivity index (χ3n) is 5.06. The molecule has 19 heavy (non-hydrogen) atoms. The molecule has 0 aliphatic heterocycles. The van der Waals surface area contributed by atoms with Crippen LogP contribution in [0, 0.1) is 5.92 Å². The van der Waals surface area contributed by atoms with Crippen molar-refractivity contribution in [2.45, 2.75) is 90.0 Å². The fourth-order valence-electron chi connectivity index (χ4n) is 3.90. The van der Waals surface area contributed by atoms with Gasteiger partial charge >= 0.3 is 0 Å². The zero-order valence-corrected chi connectivity index (χ0v) is 12.9. The molecule has 2 aliphatic carbocycles. The van der Waals surface area contributed by atoms with Gasteiger partial charge in [0.05, 0.1) is 0 Å². The molecule has 0 bridgehead atoms. The van der Waals surface area contributed by atoms with Crippen LogP contribution in [0.25, 0.3) is 0 Å². The van der Waals surface area contributed by atoms with Gasteiger partial charge in [-0.15, -0.1) is 0 Å². The fraction of sp³-hybridized carbons (Fsp3) is 0.889. The predicted molar refractivity (Wildman–Crippen MR) is 84.4 cm³/mol. The lowest BCUT2D eigenvalue weighted by atomic mass is 9.90. The topological polar surface area (TPSA) is 12.0 Å². The molecular formula is C18H33N. The SMILES string of the molecule is CCNC(CCC1CCCC1)C1=CCCCCCC1. The van der Waals surface area contributed by atoms with E-state index in [-0.39, 0.29) is 0 Å². The summed E-state index contributed by atoms with van der Waals surface area (Å²) in [5, 5.41) is 3.76. The van der Waals surface area contributed by atoms with E-state index in [0.717, 1.165) is 12.5 Å². The monoisotopic (exact) mass is 263 g/mol. The minimum Gasteiger partial charge on any atom is -0.311 e. The van der Waals surface area contributed by atoms with E-state index in [2.05, 4.69) is 18.3 Å². The second-order valence-electron chi connectivity index (χ2n) is 6.57. The molecule has 1 nitrogen and oxygen atoms in total. The standard InChI is InChI=1S/C18H33N/c1-2-19-18(15-14-16-10-8-9-11-16)17-12-6-4-3-5-7-13-17/h12,16,18-19H,2-11,13-15H2,1H3. The van der Waals surface area contributed by atoms with Crippen molar-refractivity contribution in [3.05, 3.63) is 11.6 Å². The molecule has 1 heteroatoms. The van der Waals surface area contributed by atoms with Crippen LogP contribution in [0.3, 0.4) is 0 Å². The molecule has 0 heterocycles. The van der Waals surface area contributed by atoms with Crippen molar-refractivity contribution in [3.63, 3.8) is 0 Å². The van der Waals surface area contributed by atoms with E-state index >= 15 is 0 Å². The summed E-state index contributed by atoms with van der Waals surface area (Å²) >= 11 is 0. The Morgan fingerprint density at radius 2 is 1.89 bits per heavy atom. The summed E-state index contributed by atoms with van der Waals surface area (Å²) < 4.78 is 0. The first kappa shape index (κ1) is 15.1. The van der Waals surface area contributed by atoms with E-state index in [9.17, 15) is 0 Å². The average Bonchev–Trinajstić information content (AvgIpc) is 2.88. The second kappa shape index (κ2) is 8.79. The summed E-state index contributed by atoms with van der Waals surface area (Å²) in [6.07, 6.45) is 19.7. The highest BCUT2D eigenvalue weighted by molar-refractivity contribution is 5.11. The maximum absolute atomic E-state index is 3.76. The zero-order valence-electron chi connectivity index (χ0n) is 12.9. The highest BCUT2D eigenvalue weighted by Crippen LogP contribution is 2.30. The minimum atomic E-state index is 0.684. The van der Waals surface area contributed by atoms with E-state index in [1.165, 1.54) is 77.0 Å². The third kappa shape index (κ3) is 5.30. The van der Waals surface area contributed by atoms with Gasteiger partial charge in [-0.1, -0.05) is 57.1 Å². The smallest absolute Gasteiger partial charge is 0.0279 e. The van der Waals surface area contributed by atoms with Crippen LogP contribution in [-0.4, -0.2) is 12.6 Å². The maximum atomic E-state index is 3.76. The number of hydrogen-bond donors (Lipinski definition) is 1. The van der Waals surface area contributed by atoms with Gasteiger partial charge in [-0.3, -0.25) is 0 Å². The molecule has 0 spiro atoms. The molecule has 0 aromatic heterocycles. The van der Waals surface area contributed by atoms with Crippen LogP contribution >= 0.6 is 0 Å². The maximum Gasteiger partial charge on any atom is 0.0279 e. The van der Waals surface area contributed by atoms with E-state index in [1.807, 2.05) is 0 Å². The molecular weight excluding hydrogens is 230 g/mol.